The molecule has 0 radical (unpaired) electrons. The molecular weight excluding hydrogens is 401 g/mol. The van der Waals surface area contributed by atoms with Crippen molar-refractivity contribution in [3.8, 4) is 17.2 Å². The van der Waals surface area contributed by atoms with E-state index in [2.05, 4.69) is 15.6 Å². The number of nitrogens with zero attached hydrogens (tertiary/aromatic N) is 1. The highest BCUT2D eigenvalue weighted by molar-refractivity contribution is 6.03. The second kappa shape index (κ2) is 10.1. The van der Waals surface area contributed by atoms with Gasteiger partial charge in [-0.05, 0) is 60.2 Å². The predicted octanol–water partition coefficient (Wildman–Crippen LogP) is 4.64. The van der Waals surface area contributed by atoms with E-state index in [0.717, 1.165) is 0 Å². The Labute approximate surface area is 179 Å². The van der Waals surface area contributed by atoms with Gasteiger partial charge in [-0.25, -0.2) is 9.37 Å². The number of amides is 1. The van der Waals surface area contributed by atoms with Crippen LogP contribution in [0.4, 0.5) is 21.6 Å². The summed E-state index contributed by atoms with van der Waals surface area (Å²) >= 11 is 0. The van der Waals surface area contributed by atoms with Gasteiger partial charge in [0.25, 0.3) is 0 Å². The van der Waals surface area contributed by atoms with Crippen molar-refractivity contribution < 1.29 is 23.4 Å². The van der Waals surface area contributed by atoms with Crippen LogP contribution in [-0.2, 0) is 4.79 Å². The van der Waals surface area contributed by atoms with E-state index in [1.807, 2.05) is 0 Å². The number of carbonyl (C=O) groups excluding carboxylic acids is 1. The van der Waals surface area contributed by atoms with Crippen LogP contribution in [0, 0.1) is 5.82 Å². The Balaban J connectivity index is 1.75. The molecule has 0 fully saturated rings. The minimum atomic E-state index is -0.357. The fourth-order valence-electron chi connectivity index (χ4n) is 2.82. The molecule has 8 heteroatoms. The zero-order valence-electron chi connectivity index (χ0n) is 17.3. The number of hydrogen-bond donors (Lipinski definition) is 2. The molecule has 0 bridgehead atoms. The van der Waals surface area contributed by atoms with E-state index < -0.39 is 0 Å². The second-order valence-corrected chi connectivity index (χ2v) is 6.31. The standard InChI is InChI=1S/C23H22FN3O4/c1-29-19-13-15(14-20(30-2)22(19)31-3)6-11-21(28)27-18-5-4-12-25-23(18)26-17-9-7-16(24)8-10-17/h4-14H,1-3H3,(H,25,26)(H,27,28)/b11-6+. The van der Waals surface area contributed by atoms with E-state index >= 15 is 0 Å². The van der Waals surface area contributed by atoms with Crippen molar-refractivity contribution in [1.29, 1.82) is 0 Å². The number of benzene rings is 2. The third kappa shape index (κ3) is 5.51. The summed E-state index contributed by atoms with van der Waals surface area (Å²) in [4.78, 5) is 16.7. The highest BCUT2D eigenvalue weighted by atomic mass is 19.1. The Hall–Kier alpha value is -4.07. The van der Waals surface area contributed by atoms with Crippen LogP contribution in [-0.4, -0.2) is 32.2 Å². The van der Waals surface area contributed by atoms with Gasteiger partial charge in [-0.2, -0.15) is 0 Å². The summed E-state index contributed by atoms with van der Waals surface area (Å²) < 4.78 is 29.1. The first kappa shape index (κ1) is 21.6. The van der Waals surface area contributed by atoms with Gasteiger partial charge in [-0.15, -0.1) is 0 Å². The minimum Gasteiger partial charge on any atom is -0.493 e. The van der Waals surface area contributed by atoms with Crippen LogP contribution in [0.1, 0.15) is 5.56 Å². The SMILES string of the molecule is COc1cc(/C=C/C(=O)Nc2cccnc2Nc2ccc(F)cc2)cc(OC)c1OC. The highest BCUT2D eigenvalue weighted by Crippen LogP contribution is 2.38. The third-order valence-electron chi connectivity index (χ3n) is 4.29. The van der Waals surface area contributed by atoms with Gasteiger partial charge in [0, 0.05) is 18.0 Å². The average molecular weight is 423 g/mol. The first-order chi connectivity index (χ1) is 15.0. The Morgan fingerprint density at radius 3 is 2.29 bits per heavy atom. The summed E-state index contributed by atoms with van der Waals surface area (Å²) in [5.74, 6) is 1.18. The van der Waals surface area contributed by atoms with E-state index in [1.165, 1.54) is 39.5 Å². The lowest BCUT2D eigenvalue weighted by Gasteiger charge is -2.13. The quantitative estimate of drug-likeness (QED) is 0.514. The van der Waals surface area contributed by atoms with Crippen molar-refractivity contribution in [3.63, 3.8) is 0 Å². The van der Waals surface area contributed by atoms with Crippen molar-refractivity contribution in [3.05, 3.63) is 72.2 Å². The Morgan fingerprint density at radius 1 is 1.00 bits per heavy atom. The zero-order chi connectivity index (χ0) is 22.2. The van der Waals surface area contributed by atoms with Crippen LogP contribution < -0.4 is 24.8 Å². The summed E-state index contributed by atoms with van der Waals surface area (Å²) in [6.07, 6.45) is 4.60. The van der Waals surface area contributed by atoms with E-state index in [1.54, 1.807) is 48.7 Å². The molecule has 0 unspecified atom stereocenters. The highest BCUT2D eigenvalue weighted by Gasteiger charge is 2.12. The van der Waals surface area contributed by atoms with Crippen molar-refractivity contribution in [2.24, 2.45) is 0 Å². The van der Waals surface area contributed by atoms with Gasteiger partial charge in [-0.1, -0.05) is 0 Å². The van der Waals surface area contributed by atoms with E-state index in [4.69, 9.17) is 14.2 Å². The first-order valence-electron chi connectivity index (χ1n) is 9.30. The third-order valence-corrected chi connectivity index (χ3v) is 4.29. The number of rotatable bonds is 8. The summed E-state index contributed by atoms with van der Waals surface area (Å²) in [6.45, 7) is 0. The number of anilines is 3. The molecule has 1 heterocycles. The molecule has 0 saturated carbocycles. The van der Waals surface area contributed by atoms with Crippen molar-refractivity contribution in [2.75, 3.05) is 32.0 Å². The van der Waals surface area contributed by atoms with Gasteiger partial charge in [-0.3, -0.25) is 4.79 Å². The lowest BCUT2D eigenvalue weighted by Crippen LogP contribution is -2.10. The maximum Gasteiger partial charge on any atom is 0.248 e. The largest absolute Gasteiger partial charge is 0.493 e. The predicted molar refractivity (Wildman–Crippen MR) is 118 cm³/mol. The molecule has 0 saturated heterocycles. The van der Waals surface area contributed by atoms with Crippen molar-refractivity contribution in [2.45, 2.75) is 0 Å². The fourth-order valence-corrected chi connectivity index (χ4v) is 2.82. The Bertz CT molecular complexity index is 1060. The van der Waals surface area contributed by atoms with Crippen molar-refractivity contribution >= 4 is 29.2 Å². The number of pyridine rings is 1. The molecule has 160 valence electrons. The molecule has 7 nitrogen and oxygen atoms in total. The normalized spacial score (nSPS) is 10.6. The van der Waals surface area contributed by atoms with Gasteiger partial charge < -0.3 is 24.8 Å². The number of methoxy groups -OCH3 is 3. The van der Waals surface area contributed by atoms with Crippen molar-refractivity contribution in [1.82, 2.24) is 4.98 Å². The zero-order valence-corrected chi connectivity index (χ0v) is 17.3. The lowest BCUT2D eigenvalue weighted by molar-refractivity contribution is -0.111. The average Bonchev–Trinajstić information content (AvgIpc) is 2.79. The lowest BCUT2D eigenvalue weighted by atomic mass is 10.1. The van der Waals surface area contributed by atoms with Crippen LogP contribution in [0.25, 0.3) is 6.08 Å². The molecule has 2 N–H and O–H groups in total. The summed E-state index contributed by atoms with van der Waals surface area (Å²) in [5, 5.41) is 5.84. The first-order valence-corrected chi connectivity index (χ1v) is 9.30. The Kier molecular flexibility index (Phi) is 7.05. The van der Waals surface area contributed by atoms with Crippen LogP contribution in [0.15, 0.2) is 60.8 Å². The topological polar surface area (TPSA) is 81.7 Å². The summed E-state index contributed by atoms with van der Waals surface area (Å²) in [7, 11) is 4.57. The van der Waals surface area contributed by atoms with Gasteiger partial charge in [0.05, 0.1) is 27.0 Å². The maximum absolute atomic E-state index is 13.1. The minimum absolute atomic E-state index is 0.336. The number of ether oxygens (including phenoxy) is 3. The number of nitrogens with one attached hydrogen (secondary N) is 2. The number of halogens is 1. The van der Waals surface area contributed by atoms with E-state index in [0.29, 0.717) is 40.0 Å². The smallest absolute Gasteiger partial charge is 0.248 e. The van der Waals surface area contributed by atoms with Gasteiger partial charge in [0.15, 0.2) is 17.3 Å². The fraction of sp³-hybridized carbons (Fsp3) is 0.130. The van der Waals surface area contributed by atoms with Gasteiger partial charge in [0.2, 0.25) is 11.7 Å². The van der Waals surface area contributed by atoms with Crippen LogP contribution in [0.3, 0.4) is 0 Å². The molecule has 0 aliphatic heterocycles. The number of aromatic nitrogens is 1. The maximum atomic E-state index is 13.1. The number of carbonyl (C=O) groups is 1. The molecule has 0 spiro atoms. The molecule has 31 heavy (non-hydrogen) atoms. The van der Waals surface area contributed by atoms with E-state index in [-0.39, 0.29) is 11.7 Å². The van der Waals surface area contributed by atoms with Crippen LogP contribution >= 0.6 is 0 Å². The molecule has 1 aromatic heterocycles. The molecule has 2 aromatic carbocycles. The summed E-state index contributed by atoms with van der Waals surface area (Å²) in [6, 6.07) is 12.7. The number of hydrogen-bond acceptors (Lipinski definition) is 6. The summed E-state index contributed by atoms with van der Waals surface area (Å²) in [5.41, 5.74) is 1.82. The molecular formula is C23H22FN3O4. The van der Waals surface area contributed by atoms with Gasteiger partial charge >= 0.3 is 0 Å². The molecule has 3 rings (SSSR count). The monoisotopic (exact) mass is 423 g/mol. The molecule has 1 amide bonds. The molecule has 0 aliphatic carbocycles. The molecule has 0 atom stereocenters. The van der Waals surface area contributed by atoms with Crippen LogP contribution in [0.2, 0.25) is 0 Å². The second-order valence-electron chi connectivity index (χ2n) is 6.31. The molecule has 0 aliphatic rings. The van der Waals surface area contributed by atoms with Crippen LogP contribution in [0.5, 0.6) is 17.2 Å². The van der Waals surface area contributed by atoms with E-state index in [9.17, 15) is 9.18 Å². The molecule has 3 aromatic rings. The Morgan fingerprint density at radius 2 is 1.68 bits per heavy atom. The van der Waals surface area contributed by atoms with Gasteiger partial charge in [0.1, 0.15) is 5.82 Å².